The van der Waals surface area contributed by atoms with Crippen LogP contribution in [0.3, 0.4) is 0 Å². The zero-order valence-electron chi connectivity index (χ0n) is 47.1. The van der Waals surface area contributed by atoms with Gasteiger partial charge < -0.3 is 50.6 Å². The first-order valence-electron chi connectivity index (χ1n) is 28.0. The van der Waals surface area contributed by atoms with Crippen LogP contribution >= 0.6 is 0 Å². The van der Waals surface area contributed by atoms with E-state index >= 15 is 0 Å². The lowest BCUT2D eigenvalue weighted by atomic mass is 9.75. The number of benzene rings is 1. The molecule has 0 saturated carbocycles. The first-order chi connectivity index (χ1) is 36.5. The number of phenols is 1. The van der Waals surface area contributed by atoms with Gasteiger partial charge in [-0.25, -0.2) is 5.43 Å². The van der Waals surface area contributed by atoms with E-state index in [9.17, 15) is 49.2 Å². The van der Waals surface area contributed by atoms with E-state index in [4.69, 9.17) is 9.47 Å². The third-order valence-electron chi connectivity index (χ3n) is 16.3. The highest BCUT2D eigenvalue weighted by Gasteiger charge is 2.51. The zero-order chi connectivity index (χ0) is 56.7. The van der Waals surface area contributed by atoms with Crippen LogP contribution in [-0.4, -0.2) is 122 Å². The molecule has 17 heteroatoms. The molecule has 1 aromatic rings. The van der Waals surface area contributed by atoms with E-state index < -0.39 is 89.7 Å². The van der Waals surface area contributed by atoms with Crippen LogP contribution in [0.1, 0.15) is 139 Å². The van der Waals surface area contributed by atoms with Gasteiger partial charge in [-0.05, 0) is 100 Å². The molecule has 8 N–H and O–H groups in total. The number of para-hydroxylation sites is 1. The number of aliphatic hydroxyl groups is 3. The Balaban J connectivity index is 1.35. The predicted molar refractivity (Wildman–Crippen MR) is 294 cm³/mol. The molecule has 2 saturated heterocycles. The van der Waals surface area contributed by atoms with E-state index in [1.165, 1.54) is 24.1 Å². The average Bonchev–Trinajstić information content (AvgIpc) is 3.39. The minimum Gasteiger partial charge on any atom is -0.508 e. The summed E-state index contributed by atoms with van der Waals surface area (Å²) in [6.45, 7) is 18.7. The first kappa shape index (κ1) is 62.4. The van der Waals surface area contributed by atoms with Gasteiger partial charge in [0, 0.05) is 55.9 Å². The third-order valence-corrected chi connectivity index (χ3v) is 16.3. The highest BCUT2D eigenvalue weighted by molar-refractivity contribution is 5.93. The summed E-state index contributed by atoms with van der Waals surface area (Å²) in [6.07, 6.45) is 14.2. The van der Waals surface area contributed by atoms with Crippen LogP contribution in [0.25, 0.3) is 0 Å². The zero-order valence-corrected chi connectivity index (χ0v) is 47.1. The SMILES string of the molecule is CC[C@H]1C[C@H](C)[C@@]2(NC1=O)O[C@@H](C[C@H](O)[C@@H](C)CC/C=C/C=C(\C)C1C/C=C/C=C/[C@H](O)[C@H](C)[C@@H](O)[C@@H](CCC(C)=O)C(=O)N[C@@H](C(C)C)C(=O)NC(Cc3ccccc3O)C(=O)N3CCC[C@H](N3)C(=O)O1)[C@H](C)C=C2C. The van der Waals surface area contributed by atoms with Gasteiger partial charge in [-0.3, -0.25) is 29.0 Å². The maximum atomic E-state index is 14.5. The molecule has 4 aliphatic heterocycles. The van der Waals surface area contributed by atoms with E-state index in [-0.39, 0.29) is 79.4 Å². The van der Waals surface area contributed by atoms with Gasteiger partial charge in [0.15, 0.2) is 5.72 Å². The number of hydrogen-bond donors (Lipinski definition) is 8. The molecule has 0 radical (unpaired) electrons. The maximum Gasteiger partial charge on any atom is 0.325 e. The van der Waals surface area contributed by atoms with Gasteiger partial charge in [0.2, 0.25) is 17.7 Å². The Morgan fingerprint density at radius 2 is 1.71 bits per heavy atom. The standard InChI is InChI=1S/C60H89N5O12/c1-11-43-32-40(8)60(63-55(43)71)39(7)31-38(6)52(77-60)34-50(69)36(4)21-14-12-15-22-37(5)51-27-17-13-16-25-48(67)42(10)54(70)45(29-28-41(9)66)56(72)62-53(35(2)3)57(73)61-47(33-44-23-18-19-26-49(44)68)58(74)65-30-20-24-46(64-65)59(75)76-51/h12-13,15-19,22-23,25-26,31,35-36,38,40,42-43,45-48,50-54,64,67-70H,11,14,20-21,24,27-30,32-34H2,1-10H3,(H,61,73)(H,62,72)(H,63,71)/b15-12+,17-13+,25-16+,37-22+/t36-,38+,40-,42-,43-,45+,46-,47?,48-,50-,51?,52-,53-,54+,60-/m0/s1. The minimum absolute atomic E-state index is 0.00792. The molecule has 1 spiro atoms. The Bertz CT molecular complexity index is 2360. The van der Waals surface area contributed by atoms with Crippen molar-refractivity contribution in [1.82, 2.24) is 26.4 Å². The number of nitrogens with zero attached hydrogens (tertiary/aromatic N) is 1. The van der Waals surface area contributed by atoms with Crippen molar-refractivity contribution in [3.05, 3.63) is 89.6 Å². The van der Waals surface area contributed by atoms with Crippen LogP contribution in [0.15, 0.2) is 84.0 Å². The van der Waals surface area contributed by atoms with E-state index in [0.29, 0.717) is 37.7 Å². The number of esters is 1. The molecule has 5 rings (SSSR count). The average molecular weight is 1070 g/mol. The maximum absolute atomic E-state index is 14.5. The van der Waals surface area contributed by atoms with Crippen LogP contribution in [0.5, 0.6) is 5.75 Å². The number of hydrogen-bond acceptors (Lipinski definition) is 13. The number of amides is 4. The number of nitrogens with one attached hydrogen (secondary N) is 4. The fourth-order valence-corrected chi connectivity index (χ4v) is 10.9. The van der Waals surface area contributed by atoms with Gasteiger partial charge in [0.25, 0.3) is 5.91 Å². The number of aliphatic hydroxyl groups excluding tert-OH is 3. The molecule has 0 aromatic heterocycles. The van der Waals surface area contributed by atoms with Crippen LogP contribution in [-0.2, 0) is 44.7 Å². The van der Waals surface area contributed by atoms with Gasteiger partial charge in [0.1, 0.15) is 35.8 Å². The molecule has 17 nitrogen and oxygen atoms in total. The number of carbonyl (C=O) groups is 6. The number of carbonyl (C=O) groups excluding carboxylic acids is 6. The summed E-state index contributed by atoms with van der Waals surface area (Å²) in [4.78, 5) is 82.1. The smallest absolute Gasteiger partial charge is 0.325 e. The van der Waals surface area contributed by atoms with Gasteiger partial charge in [-0.2, -0.15) is 0 Å². The van der Waals surface area contributed by atoms with E-state index in [1.54, 1.807) is 57.2 Å². The summed E-state index contributed by atoms with van der Waals surface area (Å²) in [5.41, 5.74) is 4.26. The van der Waals surface area contributed by atoms with Crippen molar-refractivity contribution < 1.29 is 58.7 Å². The van der Waals surface area contributed by atoms with Crippen LogP contribution in [0, 0.1) is 41.4 Å². The van der Waals surface area contributed by atoms with Gasteiger partial charge in [-0.1, -0.05) is 115 Å². The molecule has 4 amide bonds. The number of allylic oxidation sites excluding steroid dienone is 5. The van der Waals surface area contributed by atoms with Crippen molar-refractivity contribution in [3.63, 3.8) is 0 Å². The number of Topliss-reactive ketones (excluding diaryl/α,β-unsaturated/α-hetero) is 1. The molecule has 4 heterocycles. The molecular formula is C60H89N5O12. The normalized spacial score (nSPS) is 33.2. The Morgan fingerprint density at radius 1 is 0.987 bits per heavy atom. The molecule has 2 unspecified atom stereocenters. The minimum atomic E-state index is -1.43. The van der Waals surface area contributed by atoms with Crippen LogP contribution in [0.4, 0.5) is 0 Å². The lowest BCUT2D eigenvalue weighted by Gasteiger charge is -2.51. The van der Waals surface area contributed by atoms with Crippen LogP contribution < -0.4 is 21.4 Å². The van der Waals surface area contributed by atoms with Gasteiger partial charge >= 0.3 is 5.97 Å². The highest BCUT2D eigenvalue weighted by Crippen LogP contribution is 2.43. The van der Waals surface area contributed by atoms with Crippen molar-refractivity contribution in [1.29, 1.82) is 0 Å². The van der Waals surface area contributed by atoms with E-state index in [2.05, 4.69) is 41.3 Å². The Hall–Kier alpha value is -5.46. The van der Waals surface area contributed by atoms with Crippen molar-refractivity contribution in [2.24, 2.45) is 41.4 Å². The molecule has 426 valence electrons. The van der Waals surface area contributed by atoms with E-state index in [0.717, 1.165) is 24.0 Å². The quantitative estimate of drug-likeness (QED) is 0.0542. The number of ether oxygens (including phenoxy) is 2. The summed E-state index contributed by atoms with van der Waals surface area (Å²) in [7, 11) is 0. The molecular weight excluding hydrogens is 983 g/mol. The van der Waals surface area contributed by atoms with Crippen molar-refractivity contribution in [2.45, 2.75) is 194 Å². The lowest BCUT2D eigenvalue weighted by molar-refractivity contribution is -0.179. The molecule has 0 aliphatic carbocycles. The van der Waals surface area contributed by atoms with Gasteiger partial charge in [-0.15, -0.1) is 0 Å². The van der Waals surface area contributed by atoms with Crippen molar-refractivity contribution in [3.8, 4) is 5.75 Å². The summed E-state index contributed by atoms with van der Waals surface area (Å²) in [5, 5.41) is 55.1. The van der Waals surface area contributed by atoms with Gasteiger partial charge in [0.05, 0.1) is 30.3 Å². The summed E-state index contributed by atoms with van der Waals surface area (Å²) in [6, 6.07) is 3.01. The number of fused-ring (bicyclic) bond motifs is 2. The second-order valence-electron chi connectivity index (χ2n) is 22.6. The second-order valence-corrected chi connectivity index (χ2v) is 22.6. The monoisotopic (exact) mass is 1070 g/mol. The molecule has 4 aliphatic rings. The molecule has 2 fully saturated rings. The number of rotatable bonds is 15. The lowest BCUT2D eigenvalue weighted by Crippen LogP contribution is -2.64. The predicted octanol–water partition coefficient (Wildman–Crippen LogP) is 6.36. The molecule has 77 heavy (non-hydrogen) atoms. The molecule has 15 atom stereocenters. The summed E-state index contributed by atoms with van der Waals surface area (Å²) < 4.78 is 13.0. The number of phenolic OH excluding ortho intramolecular Hbond substituents is 1. The number of aromatic hydroxyl groups is 1. The second kappa shape index (κ2) is 29.0. The third kappa shape index (κ3) is 16.8. The Kier molecular flexibility index (Phi) is 23.5. The number of cyclic esters (lactones) is 1. The van der Waals surface area contributed by atoms with Crippen molar-refractivity contribution in [2.75, 3.05) is 6.54 Å². The van der Waals surface area contributed by atoms with E-state index in [1.807, 2.05) is 45.9 Å². The Labute approximate surface area is 456 Å². The Morgan fingerprint density at radius 3 is 2.40 bits per heavy atom. The largest absolute Gasteiger partial charge is 0.508 e. The van der Waals surface area contributed by atoms with Crippen molar-refractivity contribution >= 4 is 35.4 Å². The molecule has 1 aromatic carbocycles. The summed E-state index contributed by atoms with van der Waals surface area (Å²) in [5.74, 6) is -5.44. The van der Waals surface area contributed by atoms with Crippen LogP contribution in [0.2, 0.25) is 0 Å². The fourth-order valence-electron chi connectivity index (χ4n) is 10.9. The number of ketones is 1. The first-order valence-corrected chi connectivity index (χ1v) is 28.0. The number of piperidine rings is 1. The topological polar surface area (TPSA) is 253 Å². The highest BCUT2D eigenvalue weighted by atomic mass is 16.5. The molecule has 2 bridgehead atoms. The fraction of sp³-hybridized carbons (Fsp3) is 0.633. The summed E-state index contributed by atoms with van der Waals surface area (Å²) >= 11 is 0. The number of hydrazine groups is 1.